The van der Waals surface area contributed by atoms with Crippen LogP contribution in [0.2, 0.25) is 0 Å². The number of nitrogens with two attached hydrogens (primary N) is 1. The number of ether oxygens (including phenoxy) is 1. The van der Waals surface area contributed by atoms with Gasteiger partial charge in [0, 0.05) is 13.0 Å². The minimum absolute atomic E-state index is 0.164. The number of esters is 1. The van der Waals surface area contributed by atoms with Gasteiger partial charge < -0.3 is 10.5 Å². The quantitative estimate of drug-likeness (QED) is 0.615. The number of hydrogen-bond acceptors (Lipinski definition) is 6. The number of amides is 1. The van der Waals surface area contributed by atoms with Gasteiger partial charge in [-0.1, -0.05) is 30.3 Å². The van der Waals surface area contributed by atoms with E-state index in [4.69, 9.17) is 10.5 Å². The Bertz CT molecular complexity index is 1090. The first-order valence-corrected chi connectivity index (χ1v) is 9.70. The summed E-state index contributed by atoms with van der Waals surface area (Å²) < 4.78 is 6.92. The van der Waals surface area contributed by atoms with Gasteiger partial charge in [0.15, 0.2) is 0 Å². The monoisotopic (exact) mass is 399 g/mol. The highest BCUT2D eigenvalue weighted by Crippen LogP contribution is 2.28. The molecule has 3 rings (SSSR count). The smallest absolute Gasteiger partial charge is 0.349 e. The van der Waals surface area contributed by atoms with E-state index >= 15 is 0 Å². The molecule has 0 bridgehead atoms. The van der Waals surface area contributed by atoms with Crippen molar-refractivity contribution in [3.8, 4) is 0 Å². The highest BCUT2D eigenvalue weighted by atomic mass is 32.1. The molecule has 0 spiro atoms. The van der Waals surface area contributed by atoms with E-state index in [9.17, 15) is 14.4 Å². The third-order valence-corrected chi connectivity index (χ3v) is 5.61. The van der Waals surface area contributed by atoms with Crippen LogP contribution in [0, 0.1) is 13.8 Å². The minimum Gasteiger partial charge on any atom is -0.457 e. The number of hydrogen-bond donors (Lipinski definition) is 1. The van der Waals surface area contributed by atoms with E-state index in [1.807, 2.05) is 30.3 Å². The van der Waals surface area contributed by atoms with Gasteiger partial charge in [-0.3, -0.25) is 14.2 Å². The Morgan fingerprint density at radius 1 is 1.21 bits per heavy atom. The Morgan fingerprint density at radius 2 is 1.93 bits per heavy atom. The maximum Gasteiger partial charge on any atom is 0.349 e. The molecule has 0 unspecified atom stereocenters. The second-order valence-corrected chi connectivity index (χ2v) is 7.48. The van der Waals surface area contributed by atoms with Crippen LogP contribution < -0.4 is 11.3 Å². The Kier molecular flexibility index (Phi) is 5.89. The van der Waals surface area contributed by atoms with E-state index in [0.717, 1.165) is 16.9 Å². The molecule has 0 aliphatic carbocycles. The molecule has 0 atom stereocenters. The molecular formula is C20H21N3O4S. The second kappa shape index (κ2) is 8.35. The third-order valence-electron chi connectivity index (χ3n) is 4.44. The maximum absolute atomic E-state index is 12.9. The number of fused-ring (bicyclic) bond motifs is 1. The molecular weight excluding hydrogens is 378 g/mol. The maximum atomic E-state index is 12.9. The SMILES string of the molecule is Cc1c(C(=O)OCc2ccccc2)sc2nc(C)n(CCCC(N)=O)c(=O)c12. The van der Waals surface area contributed by atoms with E-state index in [0.29, 0.717) is 39.4 Å². The van der Waals surface area contributed by atoms with E-state index in [-0.39, 0.29) is 18.6 Å². The van der Waals surface area contributed by atoms with Crippen molar-refractivity contribution >= 4 is 33.4 Å². The van der Waals surface area contributed by atoms with Crippen LogP contribution in [0.1, 0.15) is 39.5 Å². The summed E-state index contributed by atoms with van der Waals surface area (Å²) in [5.41, 5.74) is 6.40. The van der Waals surface area contributed by atoms with Crippen LogP contribution in [0.5, 0.6) is 0 Å². The topological polar surface area (TPSA) is 104 Å². The van der Waals surface area contributed by atoms with Crippen LogP contribution in [0.15, 0.2) is 35.1 Å². The first kappa shape index (κ1) is 19.8. The number of nitrogens with zero attached hydrogens (tertiary/aromatic N) is 2. The van der Waals surface area contributed by atoms with Crippen LogP contribution in [0.25, 0.3) is 10.2 Å². The zero-order chi connectivity index (χ0) is 20.3. The average Bonchev–Trinajstić information content (AvgIpc) is 2.99. The Balaban J connectivity index is 1.87. The Morgan fingerprint density at radius 3 is 2.61 bits per heavy atom. The van der Waals surface area contributed by atoms with Gasteiger partial charge in [-0.05, 0) is 31.4 Å². The molecule has 2 N–H and O–H groups in total. The van der Waals surface area contributed by atoms with E-state index in [2.05, 4.69) is 4.98 Å². The molecule has 1 amide bonds. The van der Waals surface area contributed by atoms with Gasteiger partial charge in [-0.2, -0.15) is 0 Å². The summed E-state index contributed by atoms with van der Waals surface area (Å²) in [6, 6.07) is 9.40. The van der Waals surface area contributed by atoms with Gasteiger partial charge >= 0.3 is 5.97 Å². The zero-order valence-corrected chi connectivity index (χ0v) is 16.5. The summed E-state index contributed by atoms with van der Waals surface area (Å²) in [5, 5.41) is 0.418. The lowest BCUT2D eigenvalue weighted by molar-refractivity contribution is -0.118. The molecule has 0 radical (unpaired) electrons. The minimum atomic E-state index is -0.471. The first-order chi connectivity index (χ1) is 13.4. The van der Waals surface area contributed by atoms with Crippen molar-refractivity contribution in [1.82, 2.24) is 9.55 Å². The number of aromatic nitrogens is 2. The lowest BCUT2D eigenvalue weighted by Gasteiger charge is -2.08. The molecule has 0 saturated carbocycles. The van der Waals surface area contributed by atoms with Crippen LogP contribution in [0.4, 0.5) is 0 Å². The third kappa shape index (κ3) is 4.12. The van der Waals surface area contributed by atoms with Gasteiger partial charge in [-0.25, -0.2) is 9.78 Å². The van der Waals surface area contributed by atoms with Crippen LogP contribution in [0.3, 0.4) is 0 Å². The van der Waals surface area contributed by atoms with Gasteiger partial charge in [0.05, 0.1) is 5.39 Å². The van der Waals surface area contributed by atoms with Crippen molar-refractivity contribution in [1.29, 1.82) is 0 Å². The second-order valence-electron chi connectivity index (χ2n) is 6.48. The highest BCUT2D eigenvalue weighted by Gasteiger charge is 2.21. The number of carbonyl (C=O) groups is 2. The van der Waals surface area contributed by atoms with E-state index in [1.165, 1.54) is 4.57 Å². The molecule has 8 heteroatoms. The summed E-state index contributed by atoms with van der Waals surface area (Å²) >= 11 is 1.16. The van der Waals surface area contributed by atoms with Crippen molar-refractivity contribution in [2.45, 2.75) is 39.8 Å². The van der Waals surface area contributed by atoms with Crippen molar-refractivity contribution in [3.05, 3.63) is 62.5 Å². The van der Waals surface area contributed by atoms with Crippen molar-refractivity contribution in [2.75, 3.05) is 0 Å². The Hall–Kier alpha value is -3.00. The van der Waals surface area contributed by atoms with Crippen molar-refractivity contribution in [2.24, 2.45) is 5.73 Å². The number of carbonyl (C=O) groups excluding carboxylic acids is 2. The van der Waals surface area contributed by atoms with E-state index < -0.39 is 11.9 Å². The summed E-state index contributed by atoms with van der Waals surface area (Å²) in [6.45, 7) is 3.97. The number of benzene rings is 1. The summed E-state index contributed by atoms with van der Waals surface area (Å²) in [7, 11) is 0. The Labute approximate surface area is 165 Å². The summed E-state index contributed by atoms with van der Waals surface area (Å²) in [6.07, 6.45) is 0.655. The standard InChI is InChI=1S/C20H21N3O4S/c1-12-16-18(22-13(2)23(19(16)25)10-6-9-15(21)24)28-17(12)20(26)27-11-14-7-4-3-5-8-14/h3-5,7-8H,6,9-11H2,1-2H3,(H2,21,24). The summed E-state index contributed by atoms with van der Waals surface area (Å²) in [4.78, 5) is 41.8. The van der Waals surface area contributed by atoms with Crippen LogP contribution in [-0.2, 0) is 22.7 Å². The van der Waals surface area contributed by atoms with Gasteiger partial charge in [0.1, 0.15) is 22.1 Å². The fraction of sp³-hybridized carbons (Fsp3) is 0.300. The molecule has 28 heavy (non-hydrogen) atoms. The molecule has 2 heterocycles. The molecule has 3 aromatic rings. The van der Waals surface area contributed by atoms with Crippen LogP contribution >= 0.6 is 11.3 Å². The van der Waals surface area contributed by atoms with Gasteiger partial charge in [-0.15, -0.1) is 11.3 Å². The molecule has 1 aromatic carbocycles. The number of thiophene rings is 1. The summed E-state index contributed by atoms with van der Waals surface area (Å²) in [5.74, 6) is -0.344. The largest absolute Gasteiger partial charge is 0.457 e. The fourth-order valence-corrected chi connectivity index (χ4v) is 4.09. The fourth-order valence-electron chi connectivity index (χ4n) is 2.98. The van der Waals surface area contributed by atoms with Crippen LogP contribution in [-0.4, -0.2) is 21.4 Å². The van der Waals surface area contributed by atoms with E-state index in [1.54, 1.807) is 13.8 Å². The molecule has 0 saturated heterocycles. The van der Waals surface area contributed by atoms with Gasteiger partial charge in [0.25, 0.3) is 5.56 Å². The van der Waals surface area contributed by atoms with Crippen molar-refractivity contribution in [3.63, 3.8) is 0 Å². The lowest BCUT2D eigenvalue weighted by Crippen LogP contribution is -2.24. The number of aryl methyl sites for hydroxylation is 2. The molecule has 0 aliphatic rings. The number of primary amides is 1. The predicted octanol–water partition coefficient (Wildman–Crippen LogP) is 2.70. The first-order valence-electron chi connectivity index (χ1n) is 8.88. The lowest BCUT2D eigenvalue weighted by atomic mass is 10.2. The normalized spacial score (nSPS) is 10.9. The average molecular weight is 399 g/mol. The zero-order valence-electron chi connectivity index (χ0n) is 15.7. The molecule has 146 valence electrons. The number of rotatable bonds is 7. The van der Waals surface area contributed by atoms with Crippen molar-refractivity contribution < 1.29 is 14.3 Å². The molecule has 0 aliphatic heterocycles. The molecule has 2 aromatic heterocycles. The highest BCUT2D eigenvalue weighted by molar-refractivity contribution is 7.20. The van der Waals surface area contributed by atoms with Gasteiger partial charge in [0.2, 0.25) is 5.91 Å². The molecule has 0 fully saturated rings. The predicted molar refractivity (Wildman–Crippen MR) is 107 cm³/mol. The molecule has 7 nitrogen and oxygen atoms in total.